The Morgan fingerprint density at radius 2 is 1.77 bits per heavy atom. The zero-order valence-electron chi connectivity index (χ0n) is 16.3. The number of aromatic carboxylic acids is 1. The van der Waals surface area contributed by atoms with Crippen molar-refractivity contribution in [1.29, 1.82) is 0 Å². The van der Waals surface area contributed by atoms with Crippen LogP contribution in [0.25, 0.3) is 6.08 Å². The number of methoxy groups -OCH3 is 1. The zero-order chi connectivity index (χ0) is 22.5. The summed E-state index contributed by atoms with van der Waals surface area (Å²) >= 11 is 0. The molecule has 0 saturated carbocycles. The fourth-order valence-corrected chi connectivity index (χ4v) is 2.81. The Balaban J connectivity index is 1.73. The van der Waals surface area contributed by atoms with Crippen LogP contribution in [0.2, 0.25) is 0 Å². The molecule has 2 aromatic carbocycles. The summed E-state index contributed by atoms with van der Waals surface area (Å²) in [4.78, 5) is 46.3. The van der Waals surface area contributed by atoms with E-state index in [2.05, 4.69) is 5.32 Å². The maximum absolute atomic E-state index is 12.2. The van der Waals surface area contributed by atoms with Crippen molar-refractivity contribution in [3.63, 3.8) is 0 Å². The molecule has 0 atom stereocenters. The number of nitrogens with one attached hydrogen (secondary N) is 1. The quantitative estimate of drug-likeness (QED) is 0.429. The van der Waals surface area contributed by atoms with Crippen LogP contribution in [-0.2, 0) is 16.2 Å². The van der Waals surface area contributed by atoms with Crippen molar-refractivity contribution in [3.8, 4) is 11.5 Å². The fraction of sp³-hybridized carbons (Fsp3) is 0.143. The van der Waals surface area contributed by atoms with E-state index in [0.717, 1.165) is 5.56 Å². The molecule has 0 radical (unpaired) electrons. The lowest BCUT2D eigenvalue weighted by Gasteiger charge is -2.12. The van der Waals surface area contributed by atoms with Crippen LogP contribution in [-0.4, -0.2) is 52.6 Å². The van der Waals surface area contributed by atoms with Crippen LogP contribution < -0.4 is 14.8 Å². The number of carboxylic acids is 2. The molecular weight excluding hydrogens is 408 g/mol. The van der Waals surface area contributed by atoms with E-state index in [0.29, 0.717) is 22.0 Å². The van der Waals surface area contributed by atoms with Crippen LogP contribution in [0.1, 0.15) is 21.5 Å². The molecular formula is C21H18N2O8. The lowest BCUT2D eigenvalue weighted by molar-refractivity contribution is -0.140. The van der Waals surface area contributed by atoms with Gasteiger partial charge < -0.3 is 25.0 Å². The summed E-state index contributed by atoms with van der Waals surface area (Å²) in [6.07, 6.45) is 1.40. The molecule has 3 N–H and O–H groups in total. The second-order valence-corrected chi connectivity index (χ2v) is 6.47. The van der Waals surface area contributed by atoms with Crippen molar-refractivity contribution in [1.82, 2.24) is 10.2 Å². The van der Waals surface area contributed by atoms with E-state index in [9.17, 15) is 19.2 Å². The summed E-state index contributed by atoms with van der Waals surface area (Å²) in [5.74, 6) is -2.26. The highest BCUT2D eigenvalue weighted by molar-refractivity contribution is 6.15. The number of amides is 3. The molecule has 0 unspecified atom stereocenters. The van der Waals surface area contributed by atoms with Gasteiger partial charge in [0, 0.05) is 0 Å². The first kappa shape index (κ1) is 21.4. The van der Waals surface area contributed by atoms with Gasteiger partial charge in [0.1, 0.15) is 18.8 Å². The van der Waals surface area contributed by atoms with Crippen LogP contribution >= 0.6 is 0 Å². The smallest absolute Gasteiger partial charge is 0.335 e. The number of aliphatic carboxylic acids is 1. The molecule has 0 aliphatic carbocycles. The van der Waals surface area contributed by atoms with Crippen LogP contribution in [0.4, 0.5) is 4.79 Å². The SMILES string of the molecule is COc1cc(/C=C2/NC(=O)N(CC(=O)O)C2=O)ccc1OCc1ccc(C(=O)O)cc1. The van der Waals surface area contributed by atoms with Crippen LogP contribution in [0, 0.1) is 0 Å². The summed E-state index contributed by atoms with van der Waals surface area (Å²) in [7, 11) is 1.44. The van der Waals surface area contributed by atoms with Crippen molar-refractivity contribution in [2.24, 2.45) is 0 Å². The average molecular weight is 426 g/mol. The average Bonchev–Trinajstić information content (AvgIpc) is 2.99. The molecule has 160 valence electrons. The summed E-state index contributed by atoms with van der Waals surface area (Å²) in [5.41, 5.74) is 1.40. The lowest BCUT2D eigenvalue weighted by Crippen LogP contribution is -2.35. The number of carbonyl (C=O) groups excluding carboxylic acids is 2. The minimum atomic E-state index is -1.30. The minimum absolute atomic E-state index is 0.0551. The van der Waals surface area contributed by atoms with Crippen molar-refractivity contribution in [3.05, 3.63) is 64.9 Å². The predicted octanol–water partition coefficient (Wildman–Crippen LogP) is 1.95. The van der Waals surface area contributed by atoms with E-state index in [-0.39, 0.29) is 17.9 Å². The third-order valence-corrected chi connectivity index (χ3v) is 4.35. The van der Waals surface area contributed by atoms with Gasteiger partial charge in [0.15, 0.2) is 11.5 Å². The largest absolute Gasteiger partial charge is 0.493 e. The van der Waals surface area contributed by atoms with Crippen LogP contribution in [0.15, 0.2) is 48.2 Å². The first-order valence-corrected chi connectivity index (χ1v) is 8.98. The fourth-order valence-electron chi connectivity index (χ4n) is 2.81. The summed E-state index contributed by atoms with van der Waals surface area (Å²) < 4.78 is 11.1. The molecule has 1 aliphatic heterocycles. The molecule has 1 heterocycles. The lowest BCUT2D eigenvalue weighted by atomic mass is 10.1. The van der Waals surface area contributed by atoms with E-state index in [1.807, 2.05) is 0 Å². The number of ether oxygens (including phenoxy) is 2. The van der Waals surface area contributed by atoms with Gasteiger partial charge in [-0.05, 0) is 41.5 Å². The summed E-state index contributed by atoms with van der Waals surface area (Å²) in [5, 5.41) is 20.1. The summed E-state index contributed by atoms with van der Waals surface area (Å²) in [6.45, 7) is -0.555. The molecule has 3 rings (SSSR count). The number of carboxylic acid groups (broad SMARTS) is 2. The Morgan fingerprint density at radius 1 is 1.06 bits per heavy atom. The normalized spacial score (nSPS) is 14.5. The highest BCUT2D eigenvalue weighted by Crippen LogP contribution is 2.30. The van der Waals surface area contributed by atoms with Crippen molar-refractivity contribution >= 4 is 30.0 Å². The summed E-state index contributed by atoms with van der Waals surface area (Å²) in [6, 6.07) is 10.3. The van der Waals surface area contributed by atoms with Crippen molar-refractivity contribution < 1.29 is 38.9 Å². The Hall–Kier alpha value is -4.34. The molecule has 3 amide bonds. The van der Waals surface area contributed by atoms with Crippen LogP contribution in [0.3, 0.4) is 0 Å². The Morgan fingerprint density at radius 3 is 2.39 bits per heavy atom. The predicted molar refractivity (Wildman–Crippen MR) is 107 cm³/mol. The van der Waals surface area contributed by atoms with Crippen molar-refractivity contribution in [2.75, 3.05) is 13.7 Å². The number of benzene rings is 2. The van der Waals surface area contributed by atoms with Crippen LogP contribution in [0.5, 0.6) is 11.5 Å². The molecule has 10 heteroatoms. The first-order valence-electron chi connectivity index (χ1n) is 8.98. The maximum atomic E-state index is 12.2. The first-order chi connectivity index (χ1) is 14.8. The molecule has 0 bridgehead atoms. The van der Waals surface area contributed by atoms with Gasteiger partial charge >= 0.3 is 18.0 Å². The van der Waals surface area contributed by atoms with E-state index in [1.54, 1.807) is 30.3 Å². The van der Waals surface area contributed by atoms with Gasteiger partial charge in [-0.1, -0.05) is 18.2 Å². The van der Waals surface area contributed by atoms with E-state index < -0.39 is 30.4 Å². The highest BCUT2D eigenvalue weighted by Gasteiger charge is 2.34. The van der Waals surface area contributed by atoms with Gasteiger partial charge in [0.05, 0.1) is 12.7 Å². The third kappa shape index (κ3) is 4.99. The number of nitrogens with zero attached hydrogens (tertiary/aromatic N) is 1. The monoisotopic (exact) mass is 426 g/mol. The Bertz CT molecular complexity index is 1080. The van der Waals surface area contributed by atoms with Gasteiger partial charge in [-0.15, -0.1) is 0 Å². The van der Waals surface area contributed by atoms with E-state index >= 15 is 0 Å². The number of hydrogen-bond donors (Lipinski definition) is 3. The molecule has 1 fully saturated rings. The maximum Gasteiger partial charge on any atom is 0.335 e. The number of carbonyl (C=O) groups is 4. The number of hydrogen-bond acceptors (Lipinski definition) is 6. The standard InChI is InChI=1S/C21H18N2O8/c1-30-17-9-13(8-15-19(26)23(10-18(24)25)21(29)22-15)4-7-16(17)31-11-12-2-5-14(6-3-12)20(27)28/h2-9H,10-11H2,1H3,(H,22,29)(H,24,25)(H,27,28)/b15-8+. The number of rotatable bonds is 8. The highest BCUT2D eigenvalue weighted by atomic mass is 16.5. The zero-order valence-corrected chi connectivity index (χ0v) is 16.3. The van der Waals surface area contributed by atoms with Gasteiger partial charge in [0.2, 0.25) is 0 Å². The molecule has 1 saturated heterocycles. The minimum Gasteiger partial charge on any atom is -0.493 e. The topological polar surface area (TPSA) is 142 Å². The Labute approximate surface area is 176 Å². The van der Waals surface area contributed by atoms with Crippen molar-refractivity contribution in [2.45, 2.75) is 6.61 Å². The molecule has 0 spiro atoms. The molecule has 2 aromatic rings. The molecule has 10 nitrogen and oxygen atoms in total. The molecule has 31 heavy (non-hydrogen) atoms. The van der Waals surface area contributed by atoms with Gasteiger partial charge in [-0.2, -0.15) is 0 Å². The third-order valence-electron chi connectivity index (χ3n) is 4.35. The van der Waals surface area contributed by atoms with Gasteiger partial charge in [0.25, 0.3) is 5.91 Å². The van der Waals surface area contributed by atoms with E-state index in [4.69, 9.17) is 19.7 Å². The van der Waals surface area contributed by atoms with Gasteiger partial charge in [-0.3, -0.25) is 9.59 Å². The number of imide groups is 1. The van der Waals surface area contributed by atoms with Gasteiger partial charge in [-0.25, -0.2) is 14.5 Å². The molecule has 1 aliphatic rings. The molecule has 0 aromatic heterocycles. The second kappa shape index (κ2) is 8.99. The Kier molecular flexibility index (Phi) is 6.20. The second-order valence-electron chi connectivity index (χ2n) is 6.47. The number of urea groups is 1. The van der Waals surface area contributed by atoms with E-state index in [1.165, 1.54) is 25.3 Å².